The van der Waals surface area contributed by atoms with Crippen molar-refractivity contribution in [1.82, 2.24) is 14.3 Å². The van der Waals surface area contributed by atoms with Crippen LogP contribution in [0.1, 0.15) is 56.0 Å². The van der Waals surface area contributed by atoms with Crippen LogP contribution in [0.4, 0.5) is 0 Å². The van der Waals surface area contributed by atoms with Gasteiger partial charge >= 0.3 is 0 Å². The van der Waals surface area contributed by atoms with Gasteiger partial charge in [-0.25, -0.2) is 4.98 Å². The highest BCUT2D eigenvalue weighted by Gasteiger charge is 2.27. The van der Waals surface area contributed by atoms with E-state index in [1.54, 1.807) is 7.11 Å². The molecule has 0 fully saturated rings. The maximum atomic E-state index is 13.3. The van der Waals surface area contributed by atoms with Crippen molar-refractivity contribution in [2.45, 2.75) is 46.0 Å². The Morgan fingerprint density at radius 3 is 2.52 bits per heavy atom. The molecular weight excluding hydrogens is 362 g/mol. The average molecular weight is 394 g/mol. The van der Waals surface area contributed by atoms with E-state index in [0.717, 1.165) is 54.3 Å². The number of benzene rings is 1. The van der Waals surface area contributed by atoms with Crippen molar-refractivity contribution in [2.75, 3.05) is 20.2 Å². The molecule has 154 valence electrons. The van der Waals surface area contributed by atoms with Gasteiger partial charge in [0.25, 0.3) is 0 Å². The molecule has 0 unspecified atom stereocenters. The summed E-state index contributed by atoms with van der Waals surface area (Å²) >= 11 is 0. The normalized spacial score (nSPS) is 12.1. The van der Waals surface area contributed by atoms with Crippen molar-refractivity contribution in [1.29, 1.82) is 0 Å². The van der Waals surface area contributed by atoms with Crippen LogP contribution >= 0.6 is 0 Å². The largest absolute Gasteiger partial charge is 0.496 e. The first kappa shape index (κ1) is 20.9. The van der Waals surface area contributed by atoms with E-state index in [2.05, 4.69) is 42.3 Å². The Kier molecular flexibility index (Phi) is 6.91. The Labute approximate surface area is 173 Å². The number of fused-ring (bicyclic) bond motifs is 1. The van der Waals surface area contributed by atoms with Crippen LogP contribution < -0.4 is 4.74 Å². The average Bonchev–Trinajstić information content (AvgIpc) is 3.17. The fraction of sp³-hybridized carbons (Fsp3) is 0.417. The topological polar surface area (TPSA) is 46.8 Å². The SMILES string of the molecule is CCCN(CCC)C(=O)C[C@@H](c1ccccc1OC)c1cnc2cccc(C)n12. The summed E-state index contributed by atoms with van der Waals surface area (Å²) in [5.41, 5.74) is 4.03. The minimum absolute atomic E-state index is 0.133. The summed E-state index contributed by atoms with van der Waals surface area (Å²) < 4.78 is 7.80. The lowest BCUT2D eigenvalue weighted by Gasteiger charge is -2.26. The monoisotopic (exact) mass is 393 g/mol. The molecule has 2 aromatic heterocycles. The van der Waals surface area contributed by atoms with Crippen LogP contribution in [-0.4, -0.2) is 40.4 Å². The van der Waals surface area contributed by atoms with Gasteiger partial charge in [-0.05, 0) is 38.0 Å². The molecule has 0 saturated carbocycles. The van der Waals surface area contributed by atoms with Gasteiger partial charge in [-0.2, -0.15) is 0 Å². The molecule has 1 atom stereocenters. The molecule has 3 aromatic rings. The zero-order valence-electron chi connectivity index (χ0n) is 17.9. The van der Waals surface area contributed by atoms with Gasteiger partial charge in [0, 0.05) is 42.9 Å². The van der Waals surface area contributed by atoms with E-state index < -0.39 is 0 Å². The summed E-state index contributed by atoms with van der Waals surface area (Å²) in [6, 6.07) is 14.0. The van der Waals surface area contributed by atoms with E-state index >= 15 is 0 Å². The highest BCUT2D eigenvalue weighted by molar-refractivity contribution is 5.78. The van der Waals surface area contributed by atoms with Gasteiger partial charge < -0.3 is 14.0 Å². The van der Waals surface area contributed by atoms with Crippen molar-refractivity contribution in [3.63, 3.8) is 0 Å². The van der Waals surface area contributed by atoms with Crippen LogP contribution in [0.5, 0.6) is 5.75 Å². The van der Waals surface area contributed by atoms with E-state index in [1.165, 1.54) is 0 Å². The number of carbonyl (C=O) groups is 1. The predicted octanol–water partition coefficient (Wildman–Crippen LogP) is 4.82. The number of nitrogens with zero attached hydrogens (tertiary/aromatic N) is 3. The fourth-order valence-corrected chi connectivity index (χ4v) is 4.01. The Morgan fingerprint density at radius 1 is 1.10 bits per heavy atom. The van der Waals surface area contributed by atoms with Gasteiger partial charge in [0.15, 0.2) is 0 Å². The van der Waals surface area contributed by atoms with Gasteiger partial charge in [0.1, 0.15) is 11.4 Å². The van der Waals surface area contributed by atoms with Gasteiger partial charge in [-0.15, -0.1) is 0 Å². The number of pyridine rings is 1. The standard InChI is InChI=1S/C24H31N3O2/c1-5-14-26(15-6-2)24(28)16-20(19-11-7-8-12-22(19)29-4)21-17-25-23-13-9-10-18(3)27(21)23/h7-13,17,20H,5-6,14-16H2,1-4H3/t20-/m0/s1. The minimum atomic E-state index is -0.133. The summed E-state index contributed by atoms with van der Waals surface area (Å²) in [5.74, 6) is 0.838. The quantitative estimate of drug-likeness (QED) is 0.523. The third-order valence-corrected chi connectivity index (χ3v) is 5.34. The molecule has 29 heavy (non-hydrogen) atoms. The van der Waals surface area contributed by atoms with Gasteiger partial charge in [0.2, 0.25) is 5.91 Å². The predicted molar refractivity (Wildman–Crippen MR) is 117 cm³/mol. The number of aromatic nitrogens is 2. The van der Waals surface area contributed by atoms with E-state index in [9.17, 15) is 4.79 Å². The summed E-state index contributed by atoms with van der Waals surface area (Å²) in [6.07, 6.45) is 4.21. The summed E-state index contributed by atoms with van der Waals surface area (Å²) in [4.78, 5) is 19.9. The van der Waals surface area contributed by atoms with E-state index in [1.807, 2.05) is 41.4 Å². The number of amides is 1. The van der Waals surface area contributed by atoms with Crippen molar-refractivity contribution in [3.8, 4) is 5.75 Å². The Morgan fingerprint density at radius 2 is 1.83 bits per heavy atom. The number of carbonyl (C=O) groups excluding carboxylic acids is 1. The van der Waals surface area contributed by atoms with Gasteiger partial charge in [-0.3, -0.25) is 4.79 Å². The number of aryl methyl sites for hydroxylation is 1. The lowest BCUT2D eigenvalue weighted by Crippen LogP contribution is -2.33. The maximum absolute atomic E-state index is 13.3. The molecule has 1 aromatic carbocycles. The smallest absolute Gasteiger partial charge is 0.223 e. The first-order valence-electron chi connectivity index (χ1n) is 10.4. The van der Waals surface area contributed by atoms with Crippen LogP contribution in [0.25, 0.3) is 5.65 Å². The summed E-state index contributed by atoms with van der Waals surface area (Å²) in [6.45, 7) is 7.87. The number of hydrogen-bond acceptors (Lipinski definition) is 3. The molecule has 0 aliphatic rings. The van der Waals surface area contributed by atoms with Crippen LogP contribution in [0.2, 0.25) is 0 Å². The fourth-order valence-electron chi connectivity index (χ4n) is 4.01. The molecule has 0 N–H and O–H groups in total. The lowest BCUT2D eigenvalue weighted by molar-refractivity contribution is -0.131. The molecule has 0 saturated heterocycles. The number of methoxy groups -OCH3 is 1. The second kappa shape index (κ2) is 9.59. The van der Waals surface area contributed by atoms with Crippen molar-refractivity contribution in [3.05, 3.63) is 65.6 Å². The summed E-state index contributed by atoms with van der Waals surface area (Å²) in [5, 5.41) is 0. The molecule has 5 heteroatoms. The Balaban J connectivity index is 2.08. The van der Waals surface area contributed by atoms with Crippen LogP contribution in [0.3, 0.4) is 0 Å². The van der Waals surface area contributed by atoms with Crippen molar-refractivity contribution < 1.29 is 9.53 Å². The van der Waals surface area contributed by atoms with E-state index in [0.29, 0.717) is 6.42 Å². The van der Waals surface area contributed by atoms with Crippen molar-refractivity contribution >= 4 is 11.6 Å². The van der Waals surface area contributed by atoms with Crippen LogP contribution in [0, 0.1) is 6.92 Å². The summed E-state index contributed by atoms with van der Waals surface area (Å²) in [7, 11) is 1.68. The van der Waals surface area contributed by atoms with E-state index in [4.69, 9.17) is 4.74 Å². The highest BCUT2D eigenvalue weighted by atomic mass is 16.5. The molecule has 0 radical (unpaired) electrons. The number of rotatable bonds is 9. The second-order valence-electron chi connectivity index (χ2n) is 7.42. The number of hydrogen-bond donors (Lipinski definition) is 0. The lowest BCUT2D eigenvalue weighted by atomic mass is 9.91. The molecule has 0 aliphatic carbocycles. The third-order valence-electron chi connectivity index (χ3n) is 5.34. The molecule has 0 aliphatic heterocycles. The molecule has 1 amide bonds. The minimum Gasteiger partial charge on any atom is -0.496 e. The molecule has 2 heterocycles. The zero-order chi connectivity index (χ0) is 20.8. The Bertz CT molecular complexity index is 958. The molecule has 0 bridgehead atoms. The molecule has 5 nitrogen and oxygen atoms in total. The van der Waals surface area contributed by atoms with Crippen LogP contribution in [-0.2, 0) is 4.79 Å². The molecular formula is C24H31N3O2. The number of para-hydroxylation sites is 1. The van der Waals surface area contributed by atoms with E-state index in [-0.39, 0.29) is 11.8 Å². The first-order chi connectivity index (χ1) is 14.1. The van der Waals surface area contributed by atoms with Crippen LogP contribution in [0.15, 0.2) is 48.7 Å². The third kappa shape index (κ3) is 4.44. The van der Waals surface area contributed by atoms with Gasteiger partial charge in [-0.1, -0.05) is 38.1 Å². The Hall–Kier alpha value is -2.82. The maximum Gasteiger partial charge on any atom is 0.223 e. The number of ether oxygens (including phenoxy) is 1. The van der Waals surface area contributed by atoms with Gasteiger partial charge in [0.05, 0.1) is 12.8 Å². The zero-order valence-corrected chi connectivity index (χ0v) is 17.9. The highest BCUT2D eigenvalue weighted by Crippen LogP contribution is 2.35. The molecule has 0 spiro atoms. The molecule has 3 rings (SSSR count). The second-order valence-corrected chi connectivity index (χ2v) is 7.42. The first-order valence-corrected chi connectivity index (χ1v) is 10.4. The van der Waals surface area contributed by atoms with Crippen molar-refractivity contribution in [2.24, 2.45) is 0 Å². The number of imidazole rings is 1.